The highest BCUT2D eigenvalue weighted by atomic mass is 32.3. The number of amides is 3. The SMILES string of the molecule is O=C(NC1CCC2(CC1)CNC2)C1CCC2CN1C(=O)N2OS(=O)(=O)O. The first-order valence-corrected chi connectivity index (χ1v) is 10.4. The smallest absolute Gasteiger partial charge is 0.352 e. The van der Waals surface area contributed by atoms with Gasteiger partial charge in [0.15, 0.2) is 0 Å². The average Bonchev–Trinajstić information content (AvgIpc) is 2.78. The summed E-state index contributed by atoms with van der Waals surface area (Å²) in [7, 11) is -4.77. The lowest BCUT2D eigenvalue weighted by Crippen LogP contribution is -2.58. The topological polar surface area (TPSA) is 128 Å². The minimum atomic E-state index is -4.77. The summed E-state index contributed by atoms with van der Waals surface area (Å²) >= 11 is 0. The second kappa shape index (κ2) is 6.32. The van der Waals surface area contributed by atoms with Gasteiger partial charge in [-0.05, 0) is 43.9 Å². The molecular weight excluding hydrogens is 364 g/mol. The van der Waals surface area contributed by atoms with E-state index in [1.807, 2.05) is 0 Å². The summed E-state index contributed by atoms with van der Waals surface area (Å²) in [6, 6.07) is -1.69. The maximum Gasteiger partial charge on any atom is 0.418 e. The van der Waals surface area contributed by atoms with Crippen LogP contribution >= 0.6 is 0 Å². The molecule has 0 aromatic rings. The number of hydroxylamine groups is 2. The predicted octanol–water partition coefficient (Wildman–Crippen LogP) is -0.362. The Morgan fingerprint density at radius 3 is 2.50 bits per heavy atom. The van der Waals surface area contributed by atoms with Crippen LogP contribution in [0.1, 0.15) is 38.5 Å². The van der Waals surface area contributed by atoms with Crippen molar-refractivity contribution >= 4 is 22.3 Å². The lowest BCUT2D eigenvalue weighted by atomic mass is 9.68. The van der Waals surface area contributed by atoms with Crippen LogP contribution in [0.15, 0.2) is 0 Å². The number of rotatable bonds is 4. The minimum Gasteiger partial charge on any atom is -0.352 e. The molecule has 1 saturated carbocycles. The lowest BCUT2D eigenvalue weighted by Gasteiger charge is -2.47. The van der Waals surface area contributed by atoms with Crippen molar-refractivity contribution in [1.29, 1.82) is 0 Å². The van der Waals surface area contributed by atoms with Crippen LogP contribution in [0, 0.1) is 5.41 Å². The maximum atomic E-state index is 12.7. The molecule has 0 aromatic carbocycles. The molecule has 26 heavy (non-hydrogen) atoms. The number of hydrogen-bond donors (Lipinski definition) is 3. The third kappa shape index (κ3) is 3.28. The molecule has 0 aromatic heterocycles. The zero-order valence-electron chi connectivity index (χ0n) is 14.4. The summed E-state index contributed by atoms with van der Waals surface area (Å²) < 4.78 is 35.0. The second-order valence-corrected chi connectivity index (χ2v) is 8.90. The van der Waals surface area contributed by atoms with Gasteiger partial charge in [-0.3, -0.25) is 9.35 Å². The highest BCUT2D eigenvalue weighted by Gasteiger charge is 2.49. The number of nitrogens with zero attached hydrogens (tertiary/aromatic N) is 2. The van der Waals surface area contributed by atoms with Gasteiger partial charge >= 0.3 is 16.4 Å². The number of nitrogens with one attached hydrogen (secondary N) is 2. The summed E-state index contributed by atoms with van der Waals surface area (Å²) in [5, 5.41) is 7.04. The van der Waals surface area contributed by atoms with Crippen molar-refractivity contribution in [1.82, 2.24) is 20.6 Å². The van der Waals surface area contributed by atoms with Crippen LogP contribution in [-0.4, -0.2) is 72.6 Å². The van der Waals surface area contributed by atoms with Gasteiger partial charge in [-0.2, -0.15) is 13.5 Å². The predicted molar refractivity (Wildman–Crippen MR) is 89.1 cm³/mol. The number of piperidine rings is 1. The minimum absolute atomic E-state index is 0.120. The molecule has 11 heteroatoms. The molecule has 4 fully saturated rings. The van der Waals surface area contributed by atoms with Crippen LogP contribution in [0.3, 0.4) is 0 Å². The Labute approximate surface area is 152 Å². The molecule has 0 radical (unpaired) electrons. The fourth-order valence-corrected chi connectivity index (χ4v) is 5.00. The quantitative estimate of drug-likeness (QED) is 0.561. The van der Waals surface area contributed by atoms with Crippen LogP contribution in [0.5, 0.6) is 0 Å². The van der Waals surface area contributed by atoms with Gasteiger partial charge in [0, 0.05) is 25.7 Å². The van der Waals surface area contributed by atoms with Crippen molar-refractivity contribution in [3.8, 4) is 0 Å². The molecule has 2 bridgehead atoms. The van der Waals surface area contributed by atoms with Crippen LogP contribution < -0.4 is 10.6 Å². The van der Waals surface area contributed by atoms with E-state index in [4.69, 9.17) is 4.55 Å². The van der Waals surface area contributed by atoms with E-state index in [0.29, 0.717) is 23.3 Å². The first kappa shape index (κ1) is 18.0. The van der Waals surface area contributed by atoms with E-state index >= 15 is 0 Å². The van der Waals surface area contributed by atoms with Gasteiger partial charge in [-0.25, -0.2) is 4.79 Å². The standard InChI is InChI=1S/C15H24N4O6S/c20-13(17-10-3-5-15(6-4-10)8-16-9-15)12-2-1-11-7-18(12)14(21)19(11)25-26(22,23)24/h10-12,16H,1-9H2,(H,17,20)(H,22,23,24). The summed E-state index contributed by atoms with van der Waals surface area (Å²) in [5.74, 6) is -0.196. The van der Waals surface area contributed by atoms with E-state index in [0.717, 1.165) is 38.8 Å². The Bertz CT molecular complexity index is 699. The highest BCUT2D eigenvalue weighted by Crippen LogP contribution is 2.39. The van der Waals surface area contributed by atoms with Crippen molar-refractivity contribution in [2.45, 2.75) is 56.7 Å². The molecule has 3 N–H and O–H groups in total. The van der Waals surface area contributed by atoms with Crippen molar-refractivity contribution in [3.05, 3.63) is 0 Å². The fraction of sp³-hybridized carbons (Fsp3) is 0.867. The van der Waals surface area contributed by atoms with Gasteiger partial charge in [-0.1, -0.05) is 0 Å². The Hall–Kier alpha value is -1.43. The highest BCUT2D eigenvalue weighted by molar-refractivity contribution is 7.80. The summed E-state index contributed by atoms with van der Waals surface area (Å²) in [6.07, 6.45) is 4.94. The van der Waals surface area contributed by atoms with Crippen molar-refractivity contribution in [3.63, 3.8) is 0 Å². The molecule has 3 saturated heterocycles. The van der Waals surface area contributed by atoms with Gasteiger partial charge in [0.1, 0.15) is 6.04 Å². The van der Waals surface area contributed by atoms with E-state index in [-0.39, 0.29) is 18.5 Å². The molecule has 10 nitrogen and oxygen atoms in total. The normalized spacial score (nSPS) is 31.2. The average molecular weight is 388 g/mol. The van der Waals surface area contributed by atoms with E-state index < -0.39 is 28.5 Å². The second-order valence-electron chi connectivity index (χ2n) is 7.90. The number of fused-ring (bicyclic) bond motifs is 2. The number of hydrogen-bond acceptors (Lipinski definition) is 6. The zero-order valence-corrected chi connectivity index (χ0v) is 15.2. The molecule has 4 aliphatic rings. The van der Waals surface area contributed by atoms with E-state index in [9.17, 15) is 18.0 Å². The Morgan fingerprint density at radius 1 is 1.23 bits per heavy atom. The third-order valence-electron chi connectivity index (χ3n) is 6.19. The third-order valence-corrected chi connectivity index (χ3v) is 6.54. The van der Waals surface area contributed by atoms with Crippen LogP contribution in [0.4, 0.5) is 4.79 Å². The maximum absolute atomic E-state index is 12.7. The molecule has 4 rings (SSSR count). The summed E-state index contributed by atoms with van der Waals surface area (Å²) in [4.78, 5) is 26.4. The van der Waals surface area contributed by atoms with Gasteiger partial charge in [0.05, 0.1) is 6.04 Å². The Balaban J connectivity index is 1.35. The molecular formula is C15H24N4O6S. The first-order chi connectivity index (χ1) is 12.3. The molecule has 1 spiro atoms. The number of carbonyl (C=O) groups excluding carboxylic acids is 2. The largest absolute Gasteiger partial charge is 0.418 e. The van der Waals surface area contributed by atoms with E-state index in [1.165, 1.54) is 4.90 Å². The fourth-order valence-electron chi connectivity index (χ4n) is 4.61. The zero-order chi connectivity index (χ0) is 18.5. The van der Waals surface area contributed by atoms with Gasteiger partial charge in [0.2, 0.25) is 5.91 Å². The molecule has 146 valence electrons. The number of carbonyl (C=O) groups is 2. The van der Waals surface area contributed by atoms with Crippen molar-refractivity contribution in [2.75, 3.05) is 19.6 Å². The molecule has 1 aliphatic carbocycles. The van der Waals surface area contributed by atoms with E-state index in [1.54, 1.807) is 0 Å². The summed E-state index contributed by atoms with van der Waals surface area (Å²) in [6.45, 7) is 2.33. The Kier molecular flexibility index (Phi) is 4.37. The van der Waals surface area contributed by atoms with Crippen LogP contribution in [0.2, 0.25) is 0 Å². The Morgan fingerprint density at radius 2 is 1.92 bits per heavy atom. The molecule has 3 heterocycles. The monoisotopic (exact) mass is 388 g/mol. The molecule has 2 atom stereocenters. The molecule has 2 unspecified atom stereocenters. The molecule has 3 amide bonds. The van der Waals surface area contributed by atoms with Crippen molar-refractivity contribution < 1.29 is 26.8 Å². The van der Waals surface area contributed by atoms with Gasteiger partial charge in [0.25, 0.3) is 0 Å². The van der Waals surface area contributed by atoms with Gasteiger partial charge in [-0.15, -0.1) is 4.28 Å². The van der Waals surface area contributed by atoms with Gasteiger partial charge < -0.3 is 15.5 Å². The first-order valence-electron chi connectivity index (χ1n) is 9.04. The molecule has 3 aliphatic heterocycles. The van der Waals surface area contributed by atoms with Crippen LogP contribution in [-0.2, 0) is 19.5 Å². The van der Waals surface area contributed by atoms with Crippen LogP contribution in [0.25, 0.3) is 0 Å². The number of urea groups is 1. The van der Waals surface area contributed by atoms with Crippen molar-refractivity contribution in [2.24, 2.45) is 5.41 Å². The van der Waals surface area contributed by atoms with E-state index in [2.05, 4.69) is 14.9 Å². The summed E-state index contributed by atoms with van der Waals surface area (Å²) in [5.41, 5.74) is 0.415. The lowest BCUT2D eigenvalue weighted by molar-refractivity contribution is -0.127.